The molecule has 1 aromatic rings. The van der Waals surface area contributed by atoms with Crippen molar-refractivity contribution in [2.75, 3.05) is 7.11 Å². The Bertz CT molecular complexity index is 701. The number of methoxy groups -OCH3 is 1. The van der Waals surface area contributed by atoms with E-state index in [9.17, 15) is 4.79 Å². The minimum absolute atomic E-state index is 0.0935. The molecule has 0 aliphatic carbocycles. The van der Waals surface area contributed by atoms with Gasteiger partial charge in [0.1, 0.15) is 10.8 Å². The van der Waals surface area contributed by atoms with Crippen LogP contribution in [0.3, 0.4) is 0 Å². The van der Waals surface area contributed by atoms with Crippen molar-refractivity contribution in [3.63, 3.8) is 0 Å². The predicted molar refractivity (Wildman–Crippen MR) is 97.3 cm³/mol. The number of benzene rings is 1. The van der Waals surface area contributed by atoms with Gasteiger partial charge in [0, 0.05) is 11.0 Å². The van der Waals surface area contributed by atoms with E-state index < -0.39 is 18.3 Å². The largest absolute Gasteiger partial charge is 0.498 e. The van der Waals surface area contributed by atoms with Crippen molar-refractivity contribution < 1.29 is 18.8 Å². The molecule has 1 unspecified atom stereocenters. The zero-order valence-electron chi connectivity index (χ0n) is 14.9. The van der Waals surface area contributed by atoms with Crippen LogP contribution < -0.4 is 10.2 Å². The van der Waals surface area contributed by atoms with E-state index in [4.69, 9.17) is 14.0 Å². The number of rotatable bonds is 3. The van der Waals surface area contributed by atoms with Crippen molar-refractivity contribution in [3.05, 3.63) is 23.8 Å². The van der Waals surface area contributed by atoms with E-state index in [1.165, 1.54) is 11.8 Å². The highest BCUT2D eigenvalue weighted by Gasteiger charge is 2.52. The molecule has 3 rings (SSSR count). The summed E-state index contributed by atoms with van der Waals surface area (Å²) >= 11 is 1.47. The highest BCUT2D eigenvalue weighted by molar-refractivity contribution is 8.16. The SMILES string of the molecule is COc1cc(C2=NC(=O)C(C)S2)ccc1B1OC(C)(C)C(C)(C)O1. The number of thioether (sulfide) groups is 1. The van der Waals surface area contributed by atoms with Gasteiger partial charge in [0.05, 0.1) is 23.6 Å². The Hall–Kier alpha value is -1.31. The van der Waals surface area contributed by atoms with Gasteiger partial charge in [-0.1, -0.05) is 23.9 Å². The van der Waals surface area contributed by atoms with E-state index in [-0.39, 0.29) is 11.2 Å². The maximum Gasteiger partial charge on any atom is 0.498 e. The van der Waals surface area contributed by atoms with Gasteiger partial charge in [-0.15, -0.1) is 0 Å². The fourth-order valence-corrected chi connectivity index (χ4v) is 3.47. The molecule has 0 radical (unpaired) electrons. The molecule has 2 aliphatic rings. The number of amides is 1. The molecule has 0 aromatic heterocycles. The maximum absolute atomic E-state index is 11.7. The summed E-state index contributed by atoms with van der Waals surface area (Å²) in [5.41, 5.74) is 0.890. The lowest BCUT2D eigenvalue weighted by molar-refractivity contribution is -0.116. The van der Waals surface area contributed by atoms with Gasteiger partial charge in [-0.25, -0.2) is 4.99 Å². The molecule has 2 heterocycles. The molecule has 1 saturated heterocycles. The third kappa shape index (κ3) is 2.89. The van der Waals surface area contributed by atoms with Gasteiger partial charge in [0.15, 0.2) is 0 Å². The van der Waals surface area contributed by atoms with Crippen molar-refractivity contribution in [1.82, 2.24) is 0 Å². The monoisotopic (exact) mass is 347 g/mol. The quantitative estimate of drug-likeness (QED) is 0.786. The molecule has 2 aliphatic heterocycles. The Morgan fingerprint density at radius 2 is 1.83 bits per heavy atom. The lowest BCUT2D eigenvalue weighted by Gasteiger charge is -2.32. The minimum Gasteiger partial charge on any atom is -0.497 e. The van der Waals surface area contributed by atoms with Gasteiger partial charge in [-0.05, 0) is 40.7 Å². The maximum atomic E-state index is 11.7. The highest BCUT2D eigenvalue weighted by Crippen LogP contribution is 2.37. The molecule has 0 bridgehead atoms. The Kier molecular flexibility index (Phi) is 4.30. The fourth-order valence-electron chi connectivity index (χ4n) is 2.58. The lowest BCUT2D eigenvalue weighted by Crippen LogP contribution is -2.41. The molecule has 24 heavy (non-hydrogen) atoms. The first-order chi connectivity index (χ1) is 11.1. The van der Waals surface area contributed by atoms with Crippen LogP contribution in [0, 0.1) is 0 Å². The zero-order chi connectivity index (χ0) is 17.7. The van der Waals surface area contributed by atoms with Crippen molar-refractivity contribution >= 4 is 35.3 Å². The van der Waals surface area contributed by atoms with E-state index in [0.717, 1.165) is 16.1 Å². The average Bonchev–Trinajstić information content (AvgIpc) is 2.95. The van der Waals surface area contributed by atoms with Crippen LogP contribution in [0.25, 0.3) is 0 Å². The van der Waals surface area contributed by atoms with Gasteiger partial charge in [0.2, 0.25) is 0 Å². The molecular formula is C17H22BNO4S. The topological polar surface area (TPSA) is 57.1 Å². The fraction of sp³-hybridized carbons (Fsp3) is 0.529. The Balaban J connectivity index is 1.92. The van der Waals surface area contributed by atoms with Gasteiger partial charge >= 0.3 is 7.12 Å². The summed E-state index contributed by atoms with van der Waals surface area (Å²) in [6, 6.07) is 5.74. The Morgan fingerprint density at radius 1 is 1.21 bits per heavy atom. The van der Waals surface area contributed by atoms with E-state index in [2.05, 4.69) is 4.99 Å². The van der Waals surface area contributed by atoms with Gasteiger partial charge in [-0.2, -0.15) is 0 Å². The van der Waals surface area contributed by atoms with E-state index in [1.807, 2.05) is 52.8 Å². The predicted octanol–water partition coefficient (Wildman–Crippen LogP) is 2.40. The number of carbonyl (C=O) groups excluding carboxylic acids is 1. The van der Waals surface area contributed by atoms with Crippen molar-refractivity contribution in [2.45, 2.75) is 51.1 Å². The second-order valence-corrected chi connectivity index (χ2v) is 8.39. The number of carbonyl (C=O) groups is 1. The Labute approximate surface area is 147 Å². The van der Waals surface area contributed by atoms with E-state index >= 15 is 0 Å². The lowest BCUT2D eigenvalue weighted by atomic mass is 9.78. The van der Waals surface area contributed by atoms with Crippen LogP contribution in [-0.4, -0.2) is 41.6 Å². The summed E-state index contributed by atoms with van der Waals surface area (Å²) in [4.78, 5) is 15.8. The molecule has 1 atom stereocenters. The van der Waals surface area contributed by atoms with Crippen molar-refractivity contribution in [1.29, 1.82) is 0 Å². The van der Waals surface area contributed by atoms with Crippen LogP contribution in [0.1, 0.15) is 40.2 Å². The molecular weight excluding hydrogens is 325 g/mol. The summed E-state index contributed by atoms with van der Waals surface area (Å²) < 4.78 is 17.7. The van der Waals surface area contributed by atoms with Crippen LogP contribution in [-0.2, 0) is 14.1 Å². The minimum atomic E-state index is -0.488. The molecule has 128 valence electrons. The van der Waals surface area contributed by atoms with E-state index in [1.54, 1.807) is 7.11 Å². The highest BCUT2D eigenvalue weighted by atomic mass is 32.2. The number of ether oxygens (including phenoxy) is 1. The second kappa shape index (κ2) is 5.90. The standard InChI is InChI=1S/C17H22BNO4S/c1-10-14(20)19-15(24-10)11-7-8-12(13(9-11)21-6)18-22-16(2,3)17(4,5)23-18/h7-10H,1-6H3. The molecule has 7 heteroatoms. The molecule has 1 amide bonds. The number of nitrogens with zero attached hydrogens (tertiary/aromatic N) is 1. The molecule has 0 spiro atoms. The van der Waals surface area contributed by atoms with Gasteiger partial charge in [-0.3, -0.25) is 4.79 Å². The van der Waals surface area contributed by atoms with Crippen molar-refractivity contribution in [3.8, 4) is 5.75 Å². The van der Waals surface area contributed by atoms with Crippen LogP contribution in [0.2, 0.25) is 0 Å². The number of aliphatic imine (C=N–C) groups is 1. The number of hydrogen-bond acceptors (Lipinski definition) is 5. The van der Waals surface area contributed by atoms with Crippen LogP contribution >= 0.6 is 11.8 Å². The molecule has 1 fully saturated rings. The molecule has 0 N–H and O–H groups in total. The van der Waals surface area contributed by atoms with Gasteiger partial charge in [0.25, 0.3) is 5.91 Å². The summed E-state index contributed by atoms with van der Waals surface area (Å²) in [7, 11) is 1.13. The second-order valence-electron chi connectivity index (χ2n) is 7.06. The third-order valence-corrected chi connectivity index (χ3v) is 5.94. The normalized spacial score (nSPS) is 25.1. The van der Waals surface area contributed by atoms with Crippen LogP contribution in [0.15, 0.2) is 23.2 Å². The van der Waals surface area contributed by atoms with Gasteiger partial charge < -0.3 is 14.0 Å². The van der Waals surface area contributed by atoms with E-state index in [0.29, 0.717) is 5.75 Å². The third-order valence-electron chi connectivity index (χ3n) is 4.84. The molecule has 1 aromatic carbocycles. The van der Waals surface area contributed by atoms with Crippen LogP contribution in [0.4, 0.5) is 0 Å². The Morgan fingerprint density at radius 3 is 2.33 bits per heavy atom. The summed E-state index contributed by atoms with van der Waals surface area (Å²) in [6.07, 6.45) is 0. The first-order valence-corrected chi connectivity index (χ1v) is 8.86. The zero-order valence-corrected chi connectivity index (χ0v) is 15.7. The summed E-state index contributed by atoms with van der Waals surface area (Å²) in [5, 5.41) is 0.597. The van der Waals surface area contributed by atoms with Crippen LogP contribution in [0.5, 0.6) is 5.75 Å². The van der Waals surface area contributed by atoms with Crippen molar-refractivity contribution in [2.24, 2.45) is 4.99 Å². The summed E-state index contributed by atoms with van der Waals surface area (Å²) in [6.45, 7) is 9.93. The smallest absolute Gasteiger partial charge is 0.497 e. The first-order valence-electron chi connectivity index (χ1n) is 7.98. The average molecular weight is 347 g/mol. The summed E-state index contributed by atoms with van der Waals surface area (Å²) in [5.74, 6) is 0.574. The number of hydrogen-bond donors (Lipinski definition) is 0. The first kappa shape index (κ1) is 17.5. The molecule has 5 nitrogen and oxygen atoms in total. The molecule has 0 saturated carbocycles.